The molecule has 0 heterocycles. The van der Waals surface area contributed by atoms with E-state index in [2.05, 4.69) is 0 Å². The van der Waals surface area contributed by atoms with Crippen LogP contribution in [0.2, 0.25) is 0 Å². The summed E-state index contributed by atoms with van der Waals surface area (Å²) in [5.41, 5.74) is 0.640. The fraction of sp³-hybridized carbons (Fsp3) is 0.353. The van der Waals surface area contributed by atoms with Gasteiger partial charge in [0.05, 0.1) is 6.61 Å². The van der Waals surface area contributed by atoms with E-state index < -0.39 is 0 Å². The van der Waals surface area contributed by atoms with Gasteiger partial charge in [0.2, 0.25) is 0 Å². The van der Waals surface area contributed by atoms with Gasteiger partial charge in [-0.15, -0.1) is 0 Å². The van der Waals surface area contributed by atoms with Crippen molar-refractivity contribution in [2.24, 2.45) is 0 Å². The van der Waals surface area contributed by atoms with Crippen LogP contribution in [0.4, 0.5) is 0 Å². The van der Waals surface area contributed by atoms with Gasteiger partial charge in [0.1, 0.15) is 5.75 Å². The first kappa shape index (κ1) is 15.2. The summed E-state index contributed by atoms with van der Waals surface area (Å²) >= 11 is 0. The molecule has 0 unspecified atom stereocenters. The Morgan fingerprint density at radius 1 is 1.14 bits per heavy atom. The molecular formula is C17H20O4. The van der Waals surface area contributed by atoms with Crippen molar-refractivity contribution in [3.05, 3.63) is 29.8 Å². The molecule has 0 aliphatic heterocycles. The first-order valence-corrected chi connectivity index (χ1v) is 7.17. The van der Waals surface area contributed by atoms with Crippen molar-refractivity contribution in [1.29, 1.82) is 0 Å². The molecular weight excluding hydrogens is 268 g/mol. The number of phenolic OH excluding ortho intramolecular Hbond substituents is 1. The largest absolute Gasteiger partial charge is 0.504 e. The summed E-state index contributed by atoms with van der Waals surface area (Å²) in [7, 11) is 0. The Morgan fingerprint density at radius 2 is 1.81 bits per heavy atom. The summed E-state index contributed by atoms with van der Waals surface area (Å²) in [6, 6.07) is 7.28. The summed E-state index contributed by atoms with van der Waals surface area (Å²) in [5.74, 6) is 0.624. The average molecular weight is 288 g/mol. The highest BCUT2D eigenvalue weighted by Gasteiger charge is 2.20. The SMILES string of the molecule is CCCOc1c(C)c(OC(=O)CC)c2ccccc2c1O. The number of ether oxygens (including phenoxy) is 2. The molecule has 0 fully saturated rings. The topological polar surface area (TPSA) is 55.8 Å². The molecule has 0 spiro atoms. The Balaban J connectivity index is 2.65. The van der Waals surface area contributed by atoms with E-state index in [1.54, 1.807) is 19.9 Å². The highest BCUT2D eigenvalue weighted by molar-refractivity contribution is 5.98. The second-order valence-electron chi connectivity index (χ2n) is 4.85. The number of esters is 1. The first-order valence-electron chi connectivity index (χ1n) is 7.17. The standard InChI is InChI=1S/C17H20O4/c1-4-10-20-17-11(3)16(21-14(18)5-2)13-9-7-6-8-12(13)15(17)19/h6-9,19H,4-5,10H2,1-3H3. The van der Waals surface area contributed by atoms with E-state index in [9.17, 15) is 9.90 Å². The zero-order chi connectivity index (χ0) is 15.4. The number of hydrogen-bond donors (Lipinski definition) is 1. The number of fused-ring (bicyclic) bond motifs is 1. The van der Waals surface area contributed by atoms with Crippen LogP contribution in [-0.4, -0.2) is 17.7 Å². The maximum Gasteiger partial charge on any atom is 0.310 e. The van der Waals surface area contributed by atoms with Crippen LogP contribution in [-0.2, 0) is 4.79 Å². The van der Waals surface area contributed by atoms with E-state index in [4.69, 9.17) is 9.47 Å². The minimum Gasteiger partial charge on any atom is -0.504 e. The molecule has 0 aliphatic carbocycles. The lowest BCUT2D eigenvalue weighted by atomic mass is 10.0. The van der Waals surface area contributed by atoms with Crippen molar-refractivity contribution in [3.8, 4) is 17.2 Å². The van der Waals surface area contributed by atoms with Crippen molar-refractivity contribution < 1.29 is 19.4 Å². The Bertz CT molecular complexity index is 661. The second kappa shape index (κ2) is 6.48. The summed E-state index contributed by atoms with van der Waals surface area (Å²) < 4.78 is 11.1. The van der Waals surface area contributed by atoms with Gasteiger partial charge in [-0.2, -0.15) is 0 Å². The molecule has 4 heteroatoms. The van der Waals surface area contributed by atoms with E-state index in [0.717, 1.165) is 6.42 Å². The fourth-order valence-electron chi connectivity index (χ4n) is 2.19. The van der Waals surface area contributed by atoms with Crippen molar-refractivity contribution in [1.82, 2.24) is 0 Å². The molecule has 2 aromatic rings. The Hall–Kier alpha value is -2.23. The zero-order valence-electron chi connectivity index (χ0n) is 12.6. The number of hydrogen-bond acceptors (Lipinski definition) is 4. The van der Waals surface area contributed by atoms with Crippen LogP contribution in [0, 0.1) is 6.92 Å². The van der Waals surface area contributed by atoms with Crippen LogP contribution < -0.4 is 9.47 Å². The maximum absolute atomic E-state index is 11.7. The van der Waals surface area contributed by atoms with Gasteiger partial charge in [0, 0.05) is 22.8 Å². The molecule has 0 bridgehead atoms. The molecule has 0 amide bonds. The van der Waals surface area contributed by atoms with Crippen LogP contribution in [0.15, 0.2) is 24.3 Å². The molecule has 21 heavy (non-hydrogen) atoms. The molecule has 0 saturated heterocycles. The third-order valence-corrected chi connectivity index (χ3v) is 3.28. The lowest BCUT2D eigenvalue weighted by Crippen LogP contribution is -2.08. The molecule has 112 valence electrons. The minimum atomic E-state index is -0.310. The van der Waals surface area contributed by atoms with Crippen LogP contribution in [0.3, 0.4) is 0 Å². The molecule has 4 nitrogen and oxygen atoms in total. The smallest absolute Gasteiger partial charge is 0.310 e. The molecule has 1 N–H and O–H groups in total. The van der Waals surface area contributed by atoms with Crippen LogP contribution >= 0.6 is 0 Å². The minimum absolute atomic E-state index is 0.0906. The normalized spacial score (nSPS) is 10.6. The average Bonchev–Trinajstić information content (AvgIpc) is 2.51. The lowest BCUT2D eigenvalue weighted by molar-refractivity contribution is -0.133. The third kappa shape index (κ3) is 2.94. The molecule has 2 aromatic carbocycles. The van der Waals surface area contributed by atoms with Gasteiger partial charge >= 0.3 is 5.97 Å². The van der Waals surface area contributed by atoms with Gasteiger partial charge in [-0.05, 0) is 13.3 Å². The number of rotatable bonds is 5. The Morgan fingerprint density at radius 3 is 2.43 bits per heavy atom. The maximum atomic E-state index is 11.7. The van der Waals surface area contributed by atoms with E-state index in [0.29, 0.717) is 40.9 Å². The molecule has 2 rings (SSSR count). The Kier molecular flexibility index (Phi) is 4.68. The summed E-state index contributed by atoms with van der Waals surface area (Å²) in [6.45, 7) is 6.02. The van der Waals surface area contributed by atoms with E-state index >= 15 is 0 Å². The van der Waals surface area contributed by atoms with E-state index in [1.165, 1.54) is 0 Å². The second-order valence-corrected chi connectivity index (χ2v) is 4.85. The lowest BCUT2D eigenvalue weighted by Gasteiger charge is -2.17. The third-order valence-electron chi connectivity index (χ3n) is 3.28. The summed E-state index contributed by atoms with van der Waals surface area (Å²) in [4.78, 5) is 11.7. The van der Waals surface area contributed by atoms with Crippen LogP contribution in [0.25, 0.3) is 10.8 Å². The van der Waals surface area contributed by atoms with Crippen molar-refractivity contribution in [2.75, 3.05) is 6.61 Å². The van der Waals surface area contributed by atoms with Gasteiger partial charge in [0.25, 0.3) is 0 Å². The molecule has 0 radical (unpaired) electrons. The molecule has 0 atom stereocenters. The zero-order valence-corrected chi connectivity index (χ0v) is 12.6. The quantitative estimate of drug-likeness (QED) is 0.668. The number of benzene rings is 2. The fourth-order valence-corrected chi connectivity index (χ4v) is 2.19. The molecule has 0 aromatic heterocycles. The van der Waals surface area contributed by atoms with Crippen molar-refractivity contribution in [3.63, 3.8) is 0 Å². The van der Waals surface area contributed by atoms with E-state index in [1.807, 2.05) is 25.1 Å². The van der Waals surface area contributed by atoms with Crippen LogP contribution in [0.1, 0.15) is 32.3 Å². The van der Waals surface area contributed by atoms with E-state index in [-0.39, 0.29) is 11.7 Å². The highest BCUT2D eigenvalue weighted by atomic mass is 16.5. The van der Waals surface area contributed by atoms with Gasteiger partial charge in [-0.25, -0.2) is 0 Å². The highest BCUT2D eigenvalue weighted by Crippen LogP contribution is 2.44. The number of carbonyl (C=O) groups excluding carboxylic acids is 1. The van der Waals surface area contributed by atoms with Gasteiger partial charge in [-0.3, -0.25) is 4.79 Å². The first-order chi connectivity index (χ1) is 10.1. The Labute approximate surface area is 124 Å². The summed E-state index contributed by atoms with van der Waals surface area (Å²) in [6.07, 6.45) is 1.12. The number of carbonyl (C=O) groups is 1. The number of phenols is 1. The molecule has 0 saturated carbocycles. The van der Waals surface area contributed by atoms with Gasteiger partial charge in [0.15, 0.2) is 11.5 Å². The van der Waals surface area contributed by atoms with Gasteiger partial charge < -0.3 is 14.6 Å². The van der Waals surface area contributed by atoms with Gasteiger partial charge in [-0.1, -0.05) is 38.1 Å². The van der Waals surface area contributed by atoms with Crippen molar-refractivity contribution >= 4 is 16.7 Å². The number of aromatic hydroxyl groups is 1. The monoisotopic (exact) mass is 288 g/mol. The molecule has 0 aliphatic rings. The predicted molar refractivity (Wildman–Crippen MR) is 82.1 cm³/mol. The van der Waals surface area contributed by atoms with Crippen LogP contribution in [0.5, 0.6) is 17.2 Å². The summed E-state index contributed by atoms with van der Waals surface area (Å²) in [5, 5.41) is 11.7. The van der Waals surface area contributed by atoms with Crippen molar-refractivity contribution in [2.45, 2.75) is 33.6 Å². The predicted octanol–water partition coefficient (Wildman–Crippen LogP) is 3.96.